The molecule has 1 atom stereocenters. The molecule has 0 aliphatic heterocycles. The minimum atomic E-state index is -0.349. The number of anilines is 2. The van der Waals surface area contributed by atoms with Crippen molar-refractivity contribution in [1.29, 1.82) is 0 Å². The van der Waals surface area contributed by atoms with Gasteiger partial charge in [-0.25, -0.2) is 9.78 Å². The summed E-state index contributed by atoms with van der Waals surface area (Å²) >= 11 is 1.42. The van der Waals surface area contributed by atoms with Crippen molar-refractivity contribution in [1.82, 2.24) is 4.98 Å². The molecule has 0 radical (unpaired) electrons. The normalized spacial score (nSPS) is 15.3. The van der Waals surface area contributed by atoms with Crippen molar-refractivity contribution < 1.29 is 19.1 Å². The Kier molecular flexibility index (Phi) is 7.46. The zero-order chi connectivity index (χ0) is 20.6. The van der Waals surface area contributed by atoms with E-state index in [-0.39, 0.29) is 17.9 Å². The average Bonchev–Trinajstić information content (AvgIpc) is 3.11. The number of amides is 2. The number of carbonyl (C=O) groups is 2. The van der Waals surface area contributed by atoms with Crippen LogP contribution in [0.2, 0.25) is 0 Å². The SMILES string of the molecule is CCCCOc1ccc(NC(=O)Nc2nc3c(s2)CC(C(=O)OCC)CC3)cc1. The second-order valence-corrected chi connectivity index (χ2v) is 7.97. The van der Waals surface area contributed by atoms with E-state index in [9.17, 15) is 9.59 Å². The van der Waals surface area contributed by atoms with Gasteiger partial charge in [0.25, 0.3) is 0 Å². The number of fused-ring (bicyclic) bond motifs is 1. The molecule has 0 saturated heterocycles. The van der Waals surface area contributed by atoms with Gasteiger partial charge in [0, 0.05) is 10.6 Å². The van der Waals surface area contributed by atoms with E-state index in [0.717, 1.165) is 42.0 Å². The van der Waals surface area contributed by atoms with Gasteiger partial charge in [0.1, 0.15) is 5.75 Å². The van der Waals surface area contributed by atoms with Crippen LogP contribution in [0.25, 0.3) is 0 Å². The molecular formula is C21H27N3O4S. The Morgan fingerprint density at radius 3 is 2.72 bits per heavy atom. The smallest absolute Gasteiger partial charge is 0.325 e. The monoisotopic (exact) mass is 417 g/mol. The Bertz CT molecular complexity index is 835. The molecular weight excluding hydrogens is 390 g/mol. The molecule has 3 rings (SSSR count). The predicted octanol–water partition coefficient (Wildman–Crippen LogP) is 4.63. The molecule has 1 aromatic carbocycles. The highest BCUT2D eigenvalue weighted by molar-refractivity contribution is 7.15. The number of aromatic nitrogens is 1. The number of benzene rings is 1. The second kappa shape index (κ2) is 10.2. The first-order valence-electron chi connectivity index (χ1n) is 10.0. The second-order valence-electron chi connectivity index (χ2n) is 6.89. The molecule has 29 heavy (non-hydrogen) atoms. The highest BCUT2D eigenvalue weighted by atomic mass is 32.1. The fourth-order valence-electron chi connectivity index (χ4n) is 3.12. The van der Waals surface area contributed by atoms with Crippen molar-refractivity contribution in [2.45, 2.75) is 46.0 Å². The number of hydrogen-bond acceptors (Lipinski definition) is 6. The Morgan fingerprint density at radius 1 is 1.21 bits per heavy atom. The summed E-state index contributed by atoms with van der Waals surface area (Å²) in [7, 11) is 0. The maximum Gasteiger partial charge on any atom is 0.325 e. The minimum Gasteiger partial charge on any atom is -0.494 e. The van der Waals surface area contributed by atoms with Crippen molar-refractivity contribution in [2.24, 2.45) is 5.92 Å². The molecule has 1 heterocycles. The van der Waals surface area contributed by atoms with Crippen molar-refractivity contribution in [3.8, 4) is 5.75 Å². The Morgan fingerprint density at radius 2 is 2.00 bits per heavy atom. The summed E-state index contributed by atoms with van der Waals surface area (Å²) < 4.78 is 10.7. The van der Waals surface area contributed by atoms with Gasteiger partial charge in [0.05, 0.1) is 24.8 Å². The van der Waals surface area contributed by atoms with Gasteiger partial charge in [-0.05, 0) is 56.9 Å². The van der Waals surface area contributed by atoms with Gasteiger partial charge in [-0.1, -0.05) is 13.3 Å². The van der Waals surface area contributed by atoms with Crippen molar-refractivity contribution >= 4 is 34.2 Å². The number of ether oxygens (including phenoxy) is 2. The molecule has 7 nitrogen and oxygen atoms in total. The average molecular weight is 418 g/mol. The molecule has 0 bridgehead atoms. The number of esters is 1. The number of carbonyl (C=O) groups excluding carboxylic acids is 2. The first kappa shape index (κ1) is 21.1. The number of unbranched alkanes of at least 4 members (excludes halogenated alkanes) is 1. The third kappa shape index (κ3) is 5.93. The summed E-state index contributed by atoms with van der Waals surface area (Å²) in [5.41, 5.74) is 1.63. The van der Waals surface area contributed by atoms with Crippen LogP contribution >= 0.6 is 11.3 Å². The standard InChI is InChI=1S/C21H27N3O4S/c1-3-5-12-28-16-9-7-15(8-10-16)22-20(26)24-21-23-17-11-6-14(13-18(17)29-21)19(25)27-4-2/h7-10,14H,3-6,11-13H2,1-2H3,(H2,22,23,24,26). The van der Waals surface area contributed by atoms with E-state index in [0.29, 0.717) is 30.5 Å². The molecule has 2 N–H and O–H groups in total. The lowest BCUT2D eigenvalue weighted by Gasteiger charge is -2.18. The summed E-state index contributed by atoms with van der Waals surface area (Å²) in [6, 6.07) is 6.93. The summed E-state index contributed by atoms with van der Waals surface area (Å²) in [6.07, 6.45) is 4.17. The number of urea groups is 1. The van der Waals surface area contributed by atoms with Crippen LogP contribution in [0.5, 0.6) is 5.75 Å². The van der Waals surface area contributed by atoms with Crippen LogP contribution in [-0.2, 0) is 22.4 Å². The minimum absolute atomic E-state index is 0.123. The molecule has 1 aliphatic carbocycles. The Balaban J connectivity index is 1.52. The number of nitrogens with one attached hydrogen (secondary N) is 2. The quantitative estimate of drug-likeness (QED) is 0.483. The number of hydrogen-bond donors (Lipinski definition) is 2. The zero-order valence-corrected chi connectivity index (χ0v) is 17.6. The molecule has 1 aromatic heterocycles. The number of aryl methyl sites for hydroxylation is 1. The van der Waals surface area contributed by atoms with Crippen LogP contribution in [0.15, 0.2) is 24.3 Å². The van der Waals surface area contributed by atoms with Crippen molar-refractivity contribution in [3.63, 3.8) is 0 Å². The third-order valence-corrected chi connectivity index (χ3v) is 5.69. The van der Waals surface area contributed by atoms with Crippen molar-refractivity contribution in [3.05, 3.63) is 34.8 Å². The third-order valence-electron chi connectivity index (χ3n) is 4.66. The number of thiazole rings is 1. The summed E-state index contributed by atoms with van der Waals surface area (Å²) in [6.45, 7) is 5.01. The molecule has 0 spiro atoms. The molecule has 156 valence electrons. The van der Waals surface area contributed by atoms with E-state index >= 15 is 0 Å². The first-order valence-corrected chi connectivity index (χ1v) is 10.9. The number of nitrogens with zero attached hydrogens (tertiary/aromatic N) is 1. The molecule has 2 aromatic rings. The first-order chi connectivity index (χ1) is 14.1. The highest BCUT2D eigenvalue weighted by Crippen LogP contribution is 2.33. The fraction of sp³-hybridized carbons (Fsp3) is 0.476. The van der Waals surface area contributed by atoms with Gasteiger partial charge in [0.15, 0.2) is 5.13 Å². The fourth-order valence-corrected chi connectivity index (χ4v) is 4.20. The van der Waals surface area contributed by atoms with E-state index in [1.54, 1.807) is 12.1 Å². The summed E-state index contributed by atoms with van der Waals surface area (Å²) in [5.74, 6) is 0.511. The molecule has 1 unspecified atom stereocenters. The van der Waals surface area contributed by atoms with Gasteiger partial charge in [-0.3, -0.25) is 10.1 Å². The van der Waals surface area contributed by atoms with Crippen LogP contribution in [0.4, 0.5) is 15.6 Å². The van der Waals surface area contributed by atoms with E-state index < -0.39 is 0 Å². The van der Waals surface area contributed by atoms with Gasteiger partial charge >= 0.3 is 12.0 Å². The molecule has 1 aliphatic rings. The molecule has 2 amide bonds. The van der Waals surface area contributed by atoms with Crippen LogP contribution < -0.4 is 15.4 Å². The van der Waals surface area contributed by atoms with Crippen molar-refractivity contribution in [2.75, 3.05) is 23.8 Å². The van der Waals surface area contributed by atoms with Gasteiger partial charge in [-0.2, -0.15) is 0 Å². The van der Waals surface area contributed by atoms with Gasteiger partial charge < -0.3 is 14.8 Å². The van der Waals surface area contributed by atoms with Gasteiger partial charge in [-0.15, -0.1) is 11.3 Å². The van der Waals surface area contributed by atoms with Crippen LogP contribution in [0.1, 0.15) is 43.7 Å². The molecule has 0 saturated carbocycles. The zero-order valence-electron chi connectivity index (χ0n) is 16.8. The predicted molar refractivity (Wildman–Crippen MR) is 114 cm³/mol. The van der Waals surface area contributed by atoms with Crippen LogP contribution in [0, 0.1) is 5.92 Å². The van der Waals surface area contributed by atoms with Gasteiger partial charge in [0.2, 0.25) is 0 Å². The maximum absolute atomic E-state index is 12.3. The van der Waals surface area contributed by atoms with Crippen LogP contribution in [0.3, 0.4) is 0 Å². The largest absolute Gasteiger partial charge is 0.494 e. The Labute approximate surface area is 174 Å². The van der Waals surface area contributed by atoms with E-state index in [4.69, 9.17) is 9.47 Å². The number of rotatable bonds is 8. The lowest BCUT2D eigenvalue weighted by molar-refractivity contribution is -0.148. The highest BCUT2D eigenvalue weighted by Gasteiger charge is 2.28. The van der Waals surface area contributed by atoms with Crippen LogP contribution in [-0.4, -0.2) is 30.2 Å². The summed E-state index contributed by atoms with van der Waals surface area (Å²) in [5, 5.41) is 6.12. The lowest BCUT2D eigenvalue weighted by atomic mass is 9.91. The van der Waals surface area contributed by atoms with E-state index in [1.165, 1.54) is 11.3 Å². The van der Waals surface area contributed by atoms with E-state index in [1.807, 2.05) is 19.1 Å². The maximum atomic E-state index is 12.3. The molecule has 0 fully saturated rings. The summed E-state index contributed by atoms with van der Waals surface area (Å²) in [4.78, 5) is 29.8. The molecule has 8 heteroatoms. The Hall–Kier alpha value is -2.61. The topological polar surface area (TPSA) is 89.5 Å². The van der Waals surface area contributed by atoms with E-state index in [2.05, 4.69) is 22.5 Å². The lowest BCUT2D eigenvalue weighted by Crippen LogP contribution is -2.24.